The van der Waals surface area contributed by atoms with Gasteiger partial charge in [0.25, 0.3) is 0 Å². The Bertz CT molecular complexity index is 66.0. The van der Waals surface area contributed by atoms with Crippen LogP contribution in [0.2, 0.25) is 0 Å². The van der Waals surface area contributed by atoms with Crippen molar-refractivity contribution in [3.8, 4) is 0 Å². The number of carbonyl (C=O) groups is 1. The Labute approximate surface area is 40.1 Å². The topological polar surface area (TPSA) is 49.3 Å². The molecular formula is C3H6FNO2. The Hall–Kier alpha value is -0.640. The van der Waals surface area contributed by atoms with Crippen LogP contribution in [0.15, 0.2) is 0 Å². The molecule has 0 atom stereocenters. The van der Waals surface area contributed by atoms with Crippen LogP contribution in [-0.2, 0) is 4.79 Å². The monoisotopic (exact) mass is 107 g/mol. The second-order valence-electron chi connectivity index (χ2n) is 1.03. The largest absolute Gasteiger partial charge is 0.481 e. The van der Waals surface area contributed by atoms with Crippen molar-refractivity contribution in [1.82, 2.24) is 5.54 Å². The Kier molecular flexibility index (Phi) is 3.22. The van der Waals surface area contributed by atoms with E-state index in [2.05, 4.69) is 0 Å². The smallest absolute Gasteiger partial charge is 0.304 e. The summed E-state index contributed by atoms with van der Waals surface area (Å²) in [5.74, 6) is -0.995. The number of nitrogens with one attached hydrogen (secondary N) is 1. The molecule has 7 heavy (non-hydrogen) atoms. The summed E-state index contributed by atoms with van der Waals surface area (Å²) in [4.78, 5) is 9.55. The van der Waals surface area contributed by atoms with Crippen molar-refractivity contribution in [1.29, 1.82) is 0 Å². The van der Waals surface area contributed by atoms with E-state index in [1.54, 1.807) is 0 Å². The van der Waals surface area contributed by atoms with E-state index in [1.807, 2.05) is 0 Å². The third-order valence-electron chi connectivity index (χ3n) is 0.433. The lowest BCUT2D eigenvalue weighted by molar-refractivity contribution is -0.137. The number of carboxylic acids is 1. The zero-order valence-electron chi connectivity index (χ0n) is 3.65. The highest BCUT2D eigenvalue weighted by molar-refractivity contribution is 5.66. The summed E-state index contributed by atoms with van der Waals surface area (Å²) < 4.78 is 10.8. The molecule has 0 amide bonds. The van der Waals surface area contributed by atoms with Gasteiger partial charge in [0, 0.05) is 6.54 Å². The second-order valence-corrected chi connectivity index (χ2v) is 1.03. The van der Waals surface area contributed by atoms with Crippen LogP contribution in [0.1, 0.15) is 6.42 Å². The van der Waals surface area contributed by atoms with Gasteiger partial charge in [0.15, 0.2) is 0 Å². The van der Waals surface area contributed by atoms with Crippen LogP contribution < -0.4 is 5.54 Å². The number of carboxylic acid groups (broad SMARTS) is 1. The van der Waals surface area contributed by atoms with E-state index in [1.165, 1.54) is 5.54 Å². The molecule has 0 aliphatic rings. The van der Waals surface area contributed by atoms with Gasteiger partial charge in [-0.3, -0.25) is 4.79 Å². The van der Waals surface area contributed by atoms with Crippen molar-refractivity contribution in [3.63, 3.8) is 0 Å². The highest BCUT2D eigenvalue weighted by atomic mass is 19.2. The van der Waals surface area contributed by atoms with Gasteiger partial charge in [-0.1, -0.05) is 0 Å². The maximum atomic E-state index is 10.8. The van der Waals surface area contributed by atoms with Crippen molar-refractivity contribution < 1.29 is 14.4 Å². The molecule has 4 heteroatoms. The van der Waals surface area contributed by atoms with Crippen molar-refractivity contribution in [2.24, 2.45) is 0 Å². The third kappa shape index (κ3) is 5.36. The van der Waals surface area contributed by atoms with Crippen LogP contribution >= 0.6 is 0 Å². The Morgan fingerprint density at radius 2 is 2.43 bits per heavy atom. The van der Waals surface area contributed by atoms with Gasteiger partial charge in [-0.25, -0.2) is 0 Å². The van der Waals surface area contributed by atoms with Gasteiger partial charge < -0.3 is 5.11 Å². The molecule has 0 bridgehead atoms. The number of hydrogen-bond acceptors (Lipinski definition) is 2. The lowest BCUT2D eigenvalue weighted by Gasteiger charge is -1.85. The molecule has 0 rings (SSSR count). The SMILES string of the molecule is O=C(O)CCNF. The maximum Gasteiger partial charge on any atom is 0.304 e. The number of halogens is 1. The van der Waals surface area contributed by atoms with Crippen molar-refractivity contribution in [2.45, 2.75) is 6.42 Å². The van der Waals surface area contributed by atoms with E-state index in [-0.39, 0.29) is 13.0 Å². The van der Waals surface area contributed by atoms with Crippen molar-refractivity contribution in [2.75, 3.05) is 6.54 Å². The predicted molar refractivity (Wildman–Crippen MR) is 21.4 cm³/mol. The van der Waals surface area contributed by atoms with Gasteiger partial charge in [-0.15, -0.1) is 4.48 Å². The van der Waals surface area contributed by atoms with E-state index < -0.39 is 5.97 Å². The van der Waals surface area contributed by atoms with Crippen LogP contribution in [0, 0.1) is 0 Å². The van der Waals surface area contributed by atoms with Crippen LogP contribution in [0.25, 0.3) is 0 Å². The van der Waals surface area contributed by atoms with Gasteiger partial charge in [-0.2, -0.15) is 5.54 Å². The summed E-state index contributed by atoms with van der Waals surface area (Å²) >= 11 is 0. The zero-order valence-corrected chi connectivity index (χ0v) is 3.65. The van der Waals surface area contributed by atoms with Gasteiger partial charge in [0.05, 0.1) is 6.42 Å². The molecule has 0 aliphatic carbocycles. The highest BCUT2D eigenvalue weighted by Crippen LogP contribution is 1.72. The highest BCUT2D eigenvalue weighted by Gasteiger charge is 1.91. The standard InChI is InChI=1S/C3H6FNO2/c4-5-2-1-3(6)7/h5H,1-2H2,(H,6,7). The summed E-state index contributed by atoms with van der Waals surface area (Å²) in [7, 11) is 0. The molecule has 3 nitrogen and oxygen atoms in total. The molecule has 0 heterocycles. The Morgan fingerprint density at radius 1 is 1.86 bits per heavy atom. The molecule has 0 saturated carbocycles. The van der Waals surface area contributed by atoms with Crippen molar-refractivity contribution >= 4 is 5.97 Å². The van der Waals surface area contributed by atoms with E-state index in [4.69, 9.17) is 5.11 Å². The first-order valence-corrected chi connectivity index (χ1v) is 1.82. The molecule has 42 valence electrons. The summed E-state index contributed by atoms with van der Waals surface area (Å²) in [5, 5.41) is 7.84. The quantitative estimate of drug-likeness (QED) is 0.496. The molecule has 0 aromatic carbocycles. The zero-order chi connectivity index (χ0) is 5.70. The molecule has 0 spiro atoms. The molecule has 0 aromatic rings. The second kappa shape index (κ2) is 3.55. The van der Waals surface area contributed by atoms with Crippen LogP contribution in [-0.4, -0.2) is 17.6 Å². The minimum Gasteiger partial charge on any atom is -0.481 e. The summed E-state index contributed by atoms with van der Waals surface area (Å²) in [6, 6.07) is 0. The van der Waals surface area contributed by atoms with Crippen LogP contribution in [0.5, 0.6) is 0 Å². The maximum absolute atomic E-state index is 10.8. The minimum absolute atomic E-state index is 0.116. The minimum atomic E-state index is -0.995. The van der Waals surface area contributed by atoms with Gasteiger partial charge in [0.2, 0.25) is 0 Å². The van der Waals surface area contributed by atoms with E-state index in [0.717, 1.165) is 0 Å². The number of hydrogen-bond donors (Lipinski definition) is 2. The van der Waals surface area contributed by atoms with E-state index in [0.29, 0.717) is 0 Å². The first-order chi connectivity index (χ1) is 3.27. The van der Waals surface area contributed by atoms with E-state index >= 15 is 0 Å². The molecule has 0 saturated heterocycles. The molecule has 0 aromatic heterocycles. The molecule has 2 N–H and O–H groups in total. The first-order valence-electron chi connectivity index (χ1n) is 1.82. The fourth-order valence-corrected chi connectivity index (χ4v) is 0.154. The van der Waals surface area contributed by atoms with Gasteiger partial charge in [0.1, 0.15) is 0 Å². The summed E-state index contributed by atoms with van der Waals surface area (Å²) in [6.07, 6.45) is -0.170. The van der Waals surface area contributed by atoms with Gasteiger partial charge >= 0.3 is 5.97 Å². The van der Waals surface area contributed by atoms with E-state index in [9.17, 15) is 9.28 Å². The van der Waals surface area contributed by atoms with Crippen LogP contribution in [0.3, 0.4) is 0 Å². The molecule has 0 radical (unpaired) electrons. The lowest BCUT2D eigenvalue weighted by Crippen LogP contribution is -2.07. The molecule has 0 aliphatic heterocycles. The molecule has 0 unspecified atom stereocenters. The molecular weight excluding hydrogens is 101 g/mol. The summed E-state index contributed by atoms with van der Waals surface area (Å²) in [5.41, 5.74) is 1.22. The predicted octanol–water partition coefficient (Wildman–Crippen LogP) is -0.0648. The average molecular weight is 107 g/mol. The van der Waals surface area contributed by atoms with Crippen molar-refractivity contribution in [3.05, 3.63) is 0 Å². The first kappa shape index (κ1) is 6.36. The van der Waals surface area contributed by atoms with Gasteiger partial charge in [-0.05, 0) is 0 Å². The lowest BCUT2D eigenvalue weighted by atomic mass is 10.5. The number of aliphatic carboxylic acids is 1. The molecule has 0 fully saturated rings. The summed E-state index contributed by atoms with van der Waals surface area (Å²) in [6.45, 7) is -0.116. The fourth-order valence-electron chi connectivity index (χ4n) is 0.154. The van der Waals surface area contributed by atoms with Crippen LogP contribution in [0.4, 0.5) is 4.48 Å². The fraction of sp³-hybridized carbons (Fsp3) is 0.667. The Morgan fingerprint density at radius 3 is 2.57 bits per heavy atom. The normalized spacial score (nSPS) is 8.71. The third-order valence-corrected chi connectivity index (χ3v) is 0.433. The average Bonchev–Trinajstić information content (AvgIpc) is 1.61. The number of rotatable bonds is 3. The Balaban J connectivity index is 2.82.